The molecule has 3 heteroatoms. The molecule has 0 aliphatic heterocycles. The number of carboxylic acid groups (broad SMARTS) is 1. The molecule has 0 amide bonds. The summed E-state index contributed by atoms with van der Waals surface area (Å²) in [5.41, 5.74) is 1.33. The molecule has 16 heavy (non-hydrogen) atoms. The molecule has 82 valence electrons. The lowest BCUT2D eigenvalue weighted by molar-refractivity contribution is 0.0697. The summed E-state index contributed by atoms with van der Waals surface area (Å²) >= 11 is 0. The summed E-state index contributed by atoms with van der Waals surface area (Å²) in [7, 11) is 1.62. The van der Waals surface area contributed by atoms with E-state index in [4.69, 9.17) is 9.84 Å². The van der Waals surface area contributed by atoms with Gasteiger partial charge in [-0.15, -0.1) is 0 Å². The van der Waals surface area contributed by atoms with E-state index in [-0.39, 0.29) is 0 Å². The number of hydrogen-bond acceptors (Lipinski definition) is 2. The van der Waals surface area contributed by atoms with Crippen molar-refractivity contribution in [3.63, 3.8) is 0 Å². The molecule has 1 N–H and O–H groups in total. The van der Waals surface area contributed by atoms with Crippen molar-refractivity contribution in [1.82, 2.24) is 0 Å². The minimum Gasteiger partial charge on any atom is -0.496 e. The Bertz CT molecular complexity index is 558. The molecule has 2 aromatic rings. The largest absolute Gasteiger partial charge is 0.496 e. The van der Waals surface area contributed by atoms with E-state index in [0.29, 0.717) is 5.56 Å². The summed E-state index contributed by atoms with van der Waals surface area (Å²) in [6, 6.07) is 8.81. The third kappa shape index (κ3) is 1.60. The molecule has 0 aliphatic carbocycles. The Labute approximate surface area is 93.3 Å². The summed E-state index contributed by atoms with van der Waals surface area (Å²) in [4.78, 5) is 10.8. The second kappa shape index (κ2) is 3.85. The first-order valence-electron chi connectivity index (χ1n) is 4.94. The number of rotatable bonds is 2. The molecule has 0 spiro atoms. The van der Waals surface area contributed by atoms with Gasteiger partial charge in [0.15, 0.2) is 0 Å². The second-order valence-corrected chi connectivity index (χ2v) is 3.63. The van der Waals surface area contributed by atoms with Crippen molar-refractivity contribution in [3.8, 4) is 5.75 Å². The van der Waals surface area contributed by atoms with Gasteiger partial charge in [0, 0.05) is 0 Å². The zero-order chi connectivity index (χ0) is 11.7. The maximum atomic E-state index is 10.8. The monoisotopic (exact) mass is 216 g/mol. The Balaban J connectivity index is 2.69. The Morgan fingerprint density at radius 1 is 1.25 bits per heavy atom. The number of hydrogen-bond donors (Lipinski definition) is 1. The molecule has 0 aliphatic rings. The fraction of sp³-hybridized carbons (Fsp3) is 0.154. The van der Waals surface area contributed by atoms with Crippen LogP contribution in [0.5, 0.6) is 5.75 Å². The second-order valence-electron chi connectivity index (χ2n) is 3.63. The molecule has 3 nitrogen and oxygen atoms in total. The molecule has 0 bridgehead atoms. The maximum absolute atomic E-state index is 10.8. The molecule has 0 heterocycles. The predicted octanol–water partition coefficient (Wildman–Crippen LogP) is 2.86. The van der Waals surface area contributed by atoms with Gasteiger partial charge in [0.05, 0.1) is 12.7 Å². The number of aryl methyl sites for hydroxylation is 1. The third-order valence-corrected chi connectivity index (χ3v) is 2.71. The molecule has 0 atom stereocenters. The molecular weight excluding hydrogens is 204 g/mol. The smallest absolute Gasteiger partial charge is 0.335 e. The number of carboxylic acids is 1. The van der Waals surface area contributed by atoms with Gasteiger partial charge in [-0.25, -0.2) is 4.79 Å². The standard InChI is InChI=1S/C13H12O3/c1-8-11-5-3-10(13(14)15)7-9(11)4-6-12(8)16-2/h3-7H,1-2H3,(H,14,15). The molecule has 2 aromatic carbocycles. The fourth-order valence-corrected chi connectivity index (χ4v) is 1.82. The number of aromatic carboxylic acids is 1. The molecule has 0 saturated carbocycles. The lowest BCUT2D eigenvalue weighted by Gasteiger charge is -2.08. The van der Waals surface area contributed by atoms with Crippen LogP contribution in [0.3, 0.4) is 0 Å². The van der Waals surface area contributed by atoms with Gasteiger partial charge in [-0.05, 0) is 41.5 Å². The van der Waals surface area contributed by atoms with Crippen LogP contribution in [0.25, 0.3) is 10.8 Å². The van der Waals surface area contributed by atoms with Gasteiger partial charge in [0.2, 0.25) is 0 Å². The van der Waals surface area contributed by atoms with Gasteiger partial charge in [-0.1, -0.05) is 12.1 Å². The highest BCUT2D eigenvalue weighted by Gasteiger charge is 2.07. The maximum Gasteiger partial charge on any atom is 0.335 e. The highest BCUT2D eigenvalue weighted by Crippen LogP contribution is 2.27. The van der Waals surface area contributed by atoms with Crippen molar-refractivity contribution < 1.29 is 14.6 Å². The van der Waals surface area contributed by atoms with E-state index < -0.39 is 5.97 Å². The van der Waals surface area contributed by atoms with E-state index in [1.165, 1.54) is 0 Å². The summed E-state index contributed by atoms with van der Waals surface area (Å²) < 4.78 is 5.21. The molecule has 2 rings (SSSR count). The lowest BCUT2D eigenvalue weighted by atomic mass is 10.0. The SMILES string of the molecule is COc1ccc2cc(C(=O)O)ccc2c1C. The highest BCUT2D eigenvalue weighted by atomic mass is 16.5. The van der Waals surface area contributed by atoms with Gasteiger partial charge in [-0.2, -0.15) is 0 Å². The van der Waals surface area contributed by atoms with Crippen LogP contribution < -0.4 is 4.74 Å². The average molecular weight is 216 g/mol. The third-order valence-electron chi connectivity index (χ3n) is 2.71. The van der Waals surface area contributed by atoms with E-state index in [9.17, 15) is 4.79 Å². The number of benzene rings is 2. The molecule has 0 saturated heterocycles. The van der Waals surface area contributed by atoms with Crippen molar-refractivity contribution in [2.24, 2.45) is 0 Å². The van der Waals surface area contributed by atoms with Crippen molar-refractivity contribution in [1.29, 1.82) is 0 Å². The fourth-order valence-electron chi connectivity index (χ4n) is 1.82. The minimum atomic E-state index is -0.907. The Morgan fingerprint density at radius 2 is 2.00 bits per heavy atom. The van der Waals surface area contributed by atoms with Crippen molar-refractivity contribution in [3.05, 3.63) is 41.5 Å². The van der Waals surface area contributed by atoms with Crippen LogP contribution in [0.2, 0.25) is 0 Å². The van der Waals surface area contributed by atoms with Crippen LogP contribution in [-0.4, -0.2) is 18.2 Å². The zero-order valence-electron chi connectivity index (χ0n) is 9.15. The quantitative estimate of drug-likeness (QED) is 0.839. The van der Waals surface area contributed by atoms with Gasteiger partial charge < -0.3 is 9.84 Å². The first-order chi connectivity index (χ1) is 7.63. The van der Waals surface area contributed by atoms with Crippen LogP contribution in [0.4, 0.5) is 0 Å². The molecular formula is C13H12O3. The van der Waals surface area contributed by atoms with Crippen LogP contribution in [0, 0.1) is 6.92 Å². The van der Waals surface area contributed by atoms with E-state index in [1.54, 1.807) is 19.2 Å². The predicted molar refractivity (Wildman–Crippen MR) is 62.2 cm³/mol. The topological polar surface area (TPSA) is 46.5 Å². The van der Waals surface area contributed by atoms with Crippen molar-refractivity contribution in [2.75, 3.05) is 7.11 Å². The summed E-state index contributed by atoms with van der Waals surface area (Å²) in [5.74, 6) is -0.0917. The van der Waals surface area contributed by atoms with E-state index in [2.05, 4.69) is 0 Å². The Hall–Kier alpha value is -2.03. The highest BCUT2D eigenvalue weighted by molar-refractivity contribution is 5.96. The summed E-state index contributed by atoms with van der Waals surface area (Å²) in [6.45, 7) is 1.96. The van der Waals surface area contributed by atoms with E-state index >= 15 is 0 Å². The van der Waals surface area contributed by atoms with Crippen molar-refractivity contribution >= 4 is 16.7 Å². The summed E-state index contributed by atoms with van der Waals surface area (Å²) in [5, 5.41) is 10.8. The average Bonchev–Trinajstić information content (AvgIpc) is 2.29. The number of fused-ring (bicyclic) bond motifs is 1. The Morgan fingerprint density at radius 3 is 2.62 bits per heavy atom. The van der Waals surface area contributed by atoms with Crippen molar-refractivity contribution in [2.45, 2.75) is 6.92 Å². The first-order valence-corrected chi connectivity index (χ1v) is 4.94. The molecule has 0 aromatic heterocycles. The zero-order valence-corrected chi connectivity index (χ0v) is 9.15. The summed E-state index contributed by atoms with van der Waals surface area (Å²) in [6.07, 6.45) is 0. The number of methoxy groups -OCH3 is 1. The van der Waals surface area contributed by atoms with E-state index in [1.807, 2.05) is 25.1 Å². The lowest BCUT2D eigenvalue weighted by Crippen LogP contribution is -1.96. The van der Waals surface area contributed by atoms with Gasteiger partial charge >= 0.3 is 5.97 Å². The van der Waals surface area contributed by atoms with E-state index in [0.717, 1.165) is 22.1 Å². The van der Waals surface area contributed by atoms with Gasteiger partial charge in [0.1, 0.15) is 5.75 Å². The van der Waals surface area contributed by atoms with Gasteiger partial charge in [0.25, 0.3) is 0 Å². The van der Waals surface area contributed by atoms with Crippen LogP contribution in [-0.2, 0) is 0 Å². The number of ether oxygens (including phenoxy) is 1. The van der Waals surface area contributed by atoms with Crippen LogP contribution in [0.15, 0.2) is 30.3 Å². The first kappa shape index (κ1) is 10.5. The number of carbonyl (C=O) groups is 1. The molecule has 0 radical (unpaired) electrons. The minimum absolute atomic E-state index is 0.303. The van der Waals surface area contributed by atoms with Crippen LogP contribution in [0.1, 0.15) is 15.9 Å². The van der Waals surface area contributed by atoms with Gasteiger partial charge in [-0.3, -0.25) is 0 Å². The Kier molecular flexibility index (Phi) is 2.52. The van der Waals surface area contributed by atoms with Crippen LogP contribution >= 0.6 is 0 Å². The molecule has 0 fully saturated rings. The normalized spacial score (nSPS) is 10.4. The molecule has 0 unspecified atom stereocenters.